The van der Waals surface area contributed by atoms with Crippen molar-refractivity contribution in [2.45, 2.75) is 25.7 Å². The first-order valence-electron chi connectivity index (χ1n) is 5.23. The monoisotopic (exact) mass is 260 g/mol. The second kappa shape index (κ2) is 5.01. The molecule has 0 heterocycles. The number of hydrogen-bond donors (Lipinski definition) is 2. The van der Waals surface area contributed by atoms with Crippen molar-refractivity contribution in [3.8, 4) is 0 Å². The van der Waals surface area contributed by atoms with Crippen LogP contribution in [0.2, 0.25) is 0 Å². The molecule has 0 saturated heterocycles. The van der Waals surface area contributed by atoms with Crippen LogP contribution in [0.3, 0.4) is 0 Å². The molecule has 6 heteroatoms. The zero-order valence-electron chi connectivity index (χ0n) is 10.2. The van der Waals surface area contributed by atoms with Crippen molar-refractivity contribution in [2.24, 2.45) is 0 Å². The molecule has 0 amide bonds. The Morgan fingerprint density at radius 2 is 1.88 bits per heavy atom. The van der Waals surface area contributed by atoms with E-state index in [4.69, 9.17) is 5.73 Å². The van der Waals surface area contributed by atoms with Crippen LogP contribution in [-0.2, 0) is 10.0 Å². The molecule has 0 aliphatic rings. The van der Waals surface area contributed by atoms with E-state index in [9.17, 15) is 12.8 Å². The average molecular weight is 260 g/mol. The Morgan fingerprint density at radius 1 is 1.29 bits per heavy atom. The van der Waals surface area contributed by atoms with E-state index in [1.165, 1.54) is 0 Å². The molecule has 0 spiro atoms. The number of anilines is 1. The maximum absolute atomic E-state index is 12.0. The zero-order valence-corrected chi connectivity index (χ0v) is 11.0. The molecule has 96 valence electrons. The molecule has 0 unspecified atom stereocenters. The van der Waals surface area contributed by atoms with Gasteiger partial charge in [0, 0.05) is 12.2 Å². The van der Waals surface area contributed by atoms with Gasteiger partial charge in [0.05, 0.1) is 4.90 Å². The summed E-state index contributed by atoms with van der Waals surface area (Å²) < 4.78 is 38.2. The zero-order chi connectivity index (χ0) is 13.2. The average Bonchev–Trinajstić information content (AvgIpc) is 2.23. The van der Waals surface area contributed by atoms with Crippen molar-refractivity contribution in [2.75, 3.05) is 19.0 Å². The maximum Gasteiger partial charge on any atom is 0.241 e. The fourth-order valence-corrected chi connectivity index (χ4v) is 3.33. The van der Waals surface area contributed by atoms with Crippen molar-refractivity contribution in [3.63, 3.8) is 0 Å². The number of aryl methyl sites for hydroxylation is 2. The minimum absolute atomic E-state index is 0.147. The Kier molecular flexibility index (Phi) is 4.11. The molecule has 0 radical (unpaired) electrons. The number of sulfonamides is 1. The Hall–Kier alpha value is -1.14. The van der Waals surface area contributed by atoms with Crippen molar-refractivity contribution < 1.29 is 12.8 Å². The van der Waals surface area contributed by atoms with E-state index in [1.54, 1.807) is 19.9 Å². The van der Waals surface area contributed by atoms with Crippen molar-refractivity contribution >= 4 is 15.7 Å². The summed E-state index contributed by atoms with van der Waals surface area (Å²) >= 11 is 0. The highest BCUT2D eigenvalue weighted by atomic mass is 32.2. The fraction of sp³-hybridized carbons (Fsp3) is 0.455. The lowest BCUT2D eigenvalue weighted by molar-refractivity contribution is 0.486. The van der Waals surface area contributed by atoms with Crippen LogP contribution in [-0.4, -0.2) is 21.6 Å². The van der Waals surface area contributed by atoms with Crippen LogP contribution in [0.1, 0.15) is 16.7 Å². The highest BCUT2D eigenvalue weighted by Gasteiger charge is 2.21. The molecule has 1 aromatic rings. The second-order valence-corrected chi connectivity index (χ2v) is 5.67. The van der Waals surface area contributed by atoms with Gasteiger partial charge in [0.15, 0.2) is 0 Å². The highest BCUT2D eigenvalue weighted by Crippen LogP contribution is 2.27. The quantitative estimate of drug-likeness (QED) is 0.805. The molecule has 17 heavy (non-hydrogen) atoms. The van der Waals surface area contributed by atoms with Gasteiger partial charge in [0.25, 0.3) is 0 Å². The largest absolute Gasteiger partial charge is 0.398 e. The minimum atomic E-state index is -3.69. The number of nitrogens with two attached hydrogens (primary N) is 1. The Bertz CT molecular complexity index is 527. The van der Waals surface area contributed by atoms with Crippen LogP contribution in [0.4, 0.5) is 10.1 Å². The van der Waals surface area contributed by atoms with Crippen molar-refractivity contribution in [1.29, 1.82) is 0 Å². The van der Waals surface area contributed by atoms with E-state index in [1.807, 2.05) is 6.92 Å². The van der Waals surface area contributed by atoms with Crippen LogP contribution in [0.15, 0.2) is 11.0 Å². The molecule has 4 nitrogen and oxygen atoms in total. The smallest absolute Gasteiger partial charge is 0.241 e. The lowest BCUT2D eigenvalue weighted by Crippen LogP contribution is -2.27. The van der Waals surface area contributed by atoms with Crippen molar-refractivity contribution in [1.82, 2.24) is 4.72 Å². The van der Waals surface area contributed by atoms with Gasteiger partial charge in [-0.2, -0.15) is 0 Å². The molecular formula is C11H17FN2O2S. The van der Waals surface area contributed by atoms with Gasteiger partial charge < -0.3 is 5.73 Å². The third-order valence-electron chi connectivity index (χ3n) is 2.62. The molecule has 0 aliphatic heterocycles. The molecule has 0 saturated carbocycles. The van der Waals surface area contributed by atoms with Crippen LogP contribution < -0.4 is 10.5 Å². The molecule has 0 fully saturated rings. The van der Waals surface area contributed by atoms with Gasteiger partial charge in [-0.05, 0) is 37.5 Å². The summed E-state index contributed by atoms with van der Waals surface area (Å²) in [4.78, 5) is 0.147. The fourth-order valence-electron chi connectivity index (χ4n) is 1.84. The summed E-state index contributed by atoms with van der Waals surface area (Å²) in [5.41, 5.74) is 8.22. The predicted octanol–water partition coefficient (Wildman–Crippen LogP) is 1.44. The number of rotatable bonds is 4. The molecule has 1 rings (SSSR count). The van der Waals surface area contributed by atoms with Crippen molar-refractivity contribution in [3.05, 3.63) is 22.8 Å². The van der Waals surface area contributed by atoms with Gasteiger partial charge in [-0.25, -0.2) is 17.5 Å². The number of nitrogen functional groups attached to an aromatic ring is 1. The standard InChI is InChI=1S/C11H17FN2O2S/c1-7-6-8(2)11(9(3)10(7)13)17(15,16)14-5-4-12/h6,14H,4-5,13H2,1-3H3. The number of hydrogen-bond acceptors (Lipinski definition) is 3. The number of alkyl halides is 1. The lowest BCUT2D eigenvalue weighted by atomic mass is 10.1. The van der Waals surface area contributed by atoms with Crippen LogP contribution in [0.5, 0.6) is 0 Å². The van der Waals surface area contributed by atoms with E-state index in [0.29, 0.717) is 16.8 Å². The molecule has 3 N–H and O–H groups in total. The van der Waals surface area contributed by atoms with Gasteiger partial charge in [0.1, 0.15) is 6.67 Å². The number of nitrogens with one attached hydrogen (secondary N) is 1. The molecular weight excluding hydrogens is 243 g/mol. The van der Waals surface area contributed by atoms with Gasteiger partial charge >= 0.3 is 0 Å². The third-order valence-corrected chi connectivity index (χ3v) is 4.37. The first kappa shape index (κ1) is 13.9. The first-order chi connectivity index (χ1) is 7.81. The second-order valence-electron chi connectivity index (χ2n) is 3.96. The van der Waals surface area contributed by atoms with E-state index in [0.717, 1.165) is 5.56 Å². The lowest BCUT2D eigenvalue weighted by Gasteiger charge is -2.15. The molecule has 0 aliphatic carbocycles. The summed E-state index contributed by atoms with van der Waals surface area (Å²) in [6, 6.07) is 1.71. The Labute approximate surface area is 101 Å². The van der Waals surface area contributed by atoms with E-state index in [2.05, 4.69) is 4.72 Å². The van der Waals surface area contributed by atoms with Crippen LogP contribution in [0, 0.1) is 20.8 Å². The third kappa shape index (κ3) is 2.76. The number of halogens is 1. The predicted molar refractivity (Wildman–Crippen MR) is 66.2 cm³/mol. The van der Waals surface area contributed by atoms with E-state index >= 15 is 0 Å². The SMILES string of the molecule is Cc1cc(C)c(S(=O)(=O)NCCF)c(C)c1N. The van der Waals surface area contributed by atoms with Crippen LogP contribution >= 0.6 is 0 Å². The van der Waals surface area contributed by atoms with Gasteiger partial charge in [-0.1, -0.05) is 6.07 Å². The first-order valence-corrected chi connectivity index (χ1v) is 6.71. The number of benzene rings is 1. The van der Waals surface area contributed by atoms with E-state index < -0.39 is 16.7 Å². The highest BCUT2D eigenvalue weighted by molar-refractivity contribution is 7.89. The summed E-state index contributed by atoms with van der Waals surface area (Å²) in [5.74, 6) is 0. The molecule has 0 bridgehead atoms. The topological polar surface area (TPSA) is 72.2 Å². The minimum Gasteiger partial charge on any atom is -0.398 e. The molecule has 0 aromatic heterocycles. The summed E-state index contributed by atoms with van der Waals surface area (Å²) in [7, 11) is -3.69. The summed E-state index contributed by atoms with van der Waals surface area (Å²) in [5, 5.41) is 0. The molecule has 1 aromatic carbocycles. The van der Waals surface area contributed by atoms with Gasteiger partial charge in [0.2, 0.25) is 10.0 Å². The maximum atomic E-state index is 12.0. The van der Waals surface area contributed by atoms with Gasteiger partial charge in [-0.3, -0.25) is 0 Å². The summed E-state index contributed by atoms with van der Waals surface area (Å²) in [6.45, 7) is 4.21. The van der Waals surface area contributed by atoms with Gasteiger partial charge in [-0.15, -0.1) is 0 Å². The van der Waals surface area contributed by atoms with E-state index in [-0.39, 0.29) is 11.4 Å². The van der Waals surface area contributed by atoms with Crippen LogP contribution in [0.25, 0.3) is 0 Å². The normalized spacial score (nSPS) is 11.8. The summed E-state index contributed by atoms with van der Waals surface area (Å²) in [6.07, 6.45) is 0. The Morgan fingerprint density at radius 3 is 2.41 bits per heavy atom. The Balaban J connectivity index is 3.37. The molecule has 0 atom stereocenters.